The fourth-order valence-electron chi connectivity index (χ4n) is 1.74. The zero-order valence-electron chi connectivity index (χ0n) is 11.6. The summed E-state index contributed by atoms with van der Waals surface area (Å²) in [6, 6.07) is 7.05. The maximum atomic E-state index is 12.0. The lowest BCUT2D eigenvalue weighted by atomic mass is 10.2. The predicted octanol–water partition coefficient (Wildman–Crippen LogP) is 2.16. The molecule has 1 amide bonds. The molecule has 6 nitrogen and oxygen atoms in total. The third-order valence-electron chi connectivity index (χ3n) is 2.80. The molecular formula is C14H16ClN3O3. The van der Waals surface area contributed by atoms with Crippen molar-refractivity contribution in [3.05, 3.63) is 40.7 Å². The van der Waals surface area contributed by atoms with Gasteiger partial charge in [0.05, 0.1) is 12.1 Å². The zero-order chi connectivity index (χ0) is 15.2. The molecule has 1 heterocycles. The number of hydrogen-bond donors (Lipinski definition) is 2. The van der Waals surface area contributed by atoms with Crippen molar-refractivity contribution in [2.75, 3.05) is 18.5 Å². The fourth-order valence-corrected chi connectivity index (χ4v) is 1.97. The molecule has 0 unspecified atom stereocenters. The van der Waals surface area contributed by atoms with Crippen LogP contribution in [0, 0.1) is 6.92 Å². The molecule has 0 saturated heterocycles. The summed E-state index contributed by atoms with van der Waals surface area (Å²) in [6.45, 7) is 2.65. The number of carbonyl (C=O) groups is 1. The van der Waals surface area contributed by atoms with Crippen molar-refractivity contribution in [3.8, 4) is 5.75 Å². The zero-order valence-corrected chi connectivity index (χ0v) is 12.3. The summed E-state index contributed by atoms with van der Waals surface area (Å²) in [6.07, 6.45) is 0.111. The minimum atomic E-state index is -0.196. The van der Waals surface area contributed by atoms with E-state index >= 15 is 0 Å². The highest BCUT2D eigenvalue weighted by molar-refractivity contribution is 6.29. The highest BCUT2D eigenvalue weighted by atomic mass is 35.5. The molecule has 0 saturated carbocycles. The number of nitrogens with one attached hydrogen (secondary N) is 1. The molecule has 0 radical (unpaired) electrons. The Kier molecular flexibility index (Phi) is 5.19. The summed E-state index contributed by atoms with van der Waals surface area (Å²) in [5, 5.41) is 6.62. The normalized spacial score (nSPS) is 10.4. The van der Waals surface area contributed by atoms with Crippen molar-refractivity contribution >= 4 is 23.2 Å². The molecule has 0 fully saturated rings. The van der Waals surface area contributed by atoms with E-state index in [1.807, 2.05) is 0 Å². The van der Waals surface area contributed by atoms with E-state index in [1.54, 1.807) is 31.2 Å². The monoisotopic (exact) mass is 309 g/mol. The fraction of sp³-hybridized carbons (Fsp3) is 0.286. The van der Waals surface area contributed by atoms with Gasteiger partial charge in [-0.25, -0.2) is 0 Å². The molecule has 7 heteroatoms. The number of rotatable bonds is 6. The van der Waals surface area contributed by atoms with Gasteiger partial charge in [0, 0.05) is 17.8 Å². The standard InChI is InChI=1S/C14H16ClN3O3/c1-9-12(14(15)21-18-9)8-13(19)17-10-2-4-11(5-3-10)20-7-6-16/h2-5H,6-8,16H2,1H3,(H,17,19). The quantitative estimate of drug-likeness (QED) is 0.853. The summed E-state index contributed by atoms with van der Waals surface area (Å²) in [5.41, 5.74) is 7.23. The molecule has 1 aromatic carbocycles. The van der Waals surface area contributed by atoms with Gasteiger partial charge in [0.2, 0.25) is 11.1 Å². The second kappa shape index (κ2) is 7.10. The van der Waals surface area contributed by atoms with E-state index in [1.165, 1.54) is 0 Å². The van der Waals surface area contributed by atoms with Crippen LogP contribution in [-0.2, 0) is 11.2 Å². The van der Waals surface area contributed by atoms with Crippen LogP contribution in [0.15, 0.2) is 28.8 Å². The molecular weight excluding hydrogens is 294 g/mol. The maximum Gasteiger partial charge on any atom is 0.229 e. The third-order valence-corrected chi connectivity index (χ3v) is 3.10. The van der Waals surface area contributed by atoms with Crippen molar-refractivity contribution < 1.29 is 14.1 Å². The average Bonchev–Trinajstić information content (AvgIpc) is 2.78. The Balaban J connectivity index is 1.93. The van der Waals surface area contributed by atoms with Crippen LogP contribution in [0.25, 0.3) is 0 Å². The lowest BCUT2D eigenvalue weighted by Crippen LogP contribution is -2.15. The number of benzene rings is 1. The van der Waals surface area contributed by atoms with E-state index in [4.69, 9.17) is 26.6 Å². The van der Waals surface area contributed by atoms with Gasteiger partial charge in [-0.3, -0.25) is 4.79 Å². The van der Waals surface area contributed by atoms with Crippen LogP contribution >= 0.6 is 11.6 Å². The minimum Gasteiger partial charge on any atom is -0.492 e. The Labute approximate surface area is 127 Å². The topological polar surface area (TPSA) is 90.4 Å². The Bertz CT molecular complexity index is 591. The minimum absolute atomic E-state index is 0.111. The number of nitrogens with two attached hydrogens (primary N) is 1. The Morgan fingerprint density at radius 2 is 2.14 bits per heavy atom. The van der Waals surface area contributed by atoms with E-state index in [-0.39, 0.29) is 17.5 Å². The second-order valence-electron chi connectivity index (χ2n) is 4.41. The number of carbonyl (C=O) groups excluding carboxylic acids is 1. The highest BCUT2D eigenvalue weighted by Crippen LogP contribution is 2.20. The molecule has 2 rings (SSSR count). The first-order valence-electron chi connectivity index (χ1n) is 6.43. The van der Waals surface area contributed by atoms with Gasteiger partial charge in [-0.1, -0.05) is 5.16 Å². The molecule has 0 aliphatic heterocycles. The first-order chi connectivity index (χ1) is 10.1. The Hall–Kier alpha value is -2.05. The Morgan fingerprint density at radius 1 is 1.43 bits per heavy atom. The van der Waals surface area contributed by atoms with Gasteiger partial charge in [0.15, 0.2) is 0 Å². The van der Waals surface area contributed by atoms with E-state index < -0.39 is 0 Å². The Morgan fingerprint density at radius 3 is 2.71 bits per heavy atom. The van der Waals surface area contributed by atoms with Gasteiger partial charge in [0.25, 0.3) is 0 Å². The van der Waals surface area contributed by atoms with Crippen molar-refractivity contribution in [2.24, 2.45) is 5.73 Å². The van der Waals surface area contributed by atoms with Crippen molar-refractivity contribution in [2.45, 2.75) is 13.3 Å². The van der Waals surface area contributed by atoms with E-state index in [0.717, 1.165) is 0 Å². The van der Waals surface area contributed by atoms with E-state index in [2.05, 4.69) is 10.5 Å². The molecule has 0 atom stereocenters. The highest BCUT2D eigenvalue weighted by Gasteiger charge is 2.14. The van der Waals surface area contributed by atoms with Gasteiger partial charge in [-0.2, -0.15) is 0 Å². The molecule has 112 valence electrons. The first kappa shape index (κ1) is 15.3. The van der Waals surface area contributed by atoms with Crippen LogP contribution in [0.1, 0.15) is 11.3 Å². The van der Waals surface area contributed by atoms with Gasteiger partial charge in [-0.05, 0) is 42.8 Å². The summed E-state index contributed by atoms with van der Waals surface area (Å²) in [5.74, 6) is 0.509. The number of amides is 1. The predicted molar refractivity (Wildman–Crippen MR) is 79.6 cm³/mol. The van der Waals surface area contributed by atoms with Crippen LogP contribution in [0.4, 0.5) is 5.69 Å². The van der Waals surface area contributed by atoms with Crippen LogP contribution < -0.4 is 15.8 Å². The van der Waals surface area contributed by atoms with Crippen LogP contribution in [0.2, 0.25) is 5.22 Å². The molecule has 0 bridgehead atoms. The van der Waals surface area contributed by atoms with Crippen LogP contribution in [-0.4, -0.2) is 24.2 Å². The lowest BCUT2D eigenvalue weighted by molar-refractivity contribution is -0.115. The number of hydrogen-bond acceptors (Lipinski definition) is 5. The molecule has 0 spiro atoms. The average molecular weight is 310 g/mol. The third kappa shape index (κ3) is 4.21. The van der Waals surface area contributed by atoms with Crippen LogP contribution in [0.5, 0.6) is 5.75 Å². The number of ether oxygens (including phenoxy) is 1. The maximum absolute atomic E-state index is 12.0. The van der Waals surface area contributed by atoms with E-state index in [9.17, 15) is 4.79 Å². The molecule has 3 N–H and O–H groups in total. The van der Waals surface area contributed by atoms with Crippen molar-refractivity contribution in [1.82, 2.24) is 5.16 Å². The number of anilines is 1. The van der Waals surface area contributed by atoms with Crippen molar-refractivity contribution in [1.29, 1.82) is 0 Å². The summed E-state index contributed by atoms with van der Waals surface area (Å²) >= 11 is 5.83. The number of nitrogens with zero attached hydrogens (tertiary/aromatic N) is 1. The van der Waals surface area contributed by atoms with E-state index in [0.29, 0.717) is 35.8 Å². The second-order valence-corrected chi connectivity index (χ2v) is 4.75. The largest absolute Gasteiger partial charge is 0.492 e. The molecule has 1 aromatic heterocycles. The molecule has 2 aromatic rings. The van der Waals surface area contributed by atoms with Crippen LogP contribution in [0.3, 0.4) is 0 Å². The summed E-state index contributed by atoms with van der Waals surface area (Å²) in [7, 11) is 0. The number of halogens is 1. The molecule has 0 aliphatic rings. The van der Waals surface area contributed by atoms with Gasteiger partial charge in [-0.15, -0.1) is 0 Å². The van der Waals surface area contributed by atoms with Gasteiger partial charge < -0.3 is 20.3 Å². The summed E-state index contributed by atoms with van der Waals surface area (Å²) in [4.78, 5) is 12.0. The van der Waals surface area contributed by atoms with Gasteiger partial charge >= 0.3 is 0 Å². The number of aromatic nitrogens is 1. The van der Waals surface area contributed by atoms with Gasteiger partial charge in [0.1, 0.15) is 12.4 Å². The smallest absolute Gasteiger partial charge is 0.229 e. The SMILES string of the molecule is Cc1noc(Cl)c1CC(=O)Nc1ccc(OCCN)cc1. The van der Waals surface area contributed by atoms with Crippen molar-refractivity contribution in [3.63, 3.8) is 0 Å². The molecule has 21 heavy (non-hydrogen) atoms. The number of aryl methyl sites for hydroxylation is 1. The molecule has 0 aliphatic carbocycles. The summed E-state index contributed by atoms with van der Waals surface area (Å²) < 4.78 is 10.2. The lowest BCUT2D eigenvalue weighted by Gasteiger charge is -2.07. The first-order valence-corrected chi connectivity index (χ1v) is 6.81.